The van der Waals surface area contributed by atoms with Crippen LogP contribution in [0.15, 0.2) is 6.20 Å². The molecule has 2 N–H and O–H groups in total. The molecule has 64 valence electrons. The second kappa shape index (κ2) is 3.17. The Morgan fingerprint density at radius 3 is 2.92 bits per heavy atom. The van der Waals surface area contributed by atoms with E-state index in [4.69, 9.17) is 5.73 Å². The number of nitrogens with two attached hydrogens (primary N) is 1. The fraction of sp³-hybridized carbons (Fsp3) is 0.286. The second-order valence-electron chi connectivity index (χ2n) is 2.25. The van der Waals surface area contributed by atoms with Gasteiger partial charge in [-0.15, -0.1) is 0 Å². The van der Waals surface area contributed by atoms with Crippen molar-refractivity contribution in [2.45, 2.75) is 6.92 Å². The van der Waals surface area contributed by atoms with Crippen molar-refractivity contribution in [3.05, 3.63) is 17.5 Å². The topological polar surface area (TPSA) is 78.1 Å². The number of aromatic nitrogens is 2. The van der Waals surface area contributed by atoms with Crippen LogP contribution in [-0.4, -0.2) is 23.0 Å². The first-order valence-corrected chi connectivity index (χ1v) is 3.32. The fourth-order valence-electron chi connectivity index (χ4n) is 0.759. The molecule has 0 aliphatic rings. The van der Waals surface area contributed by atoms with Crippen LogP contribution in [0.25, 0.3) is 0 Å². The molecular formula is C7H9N3O2. The molecule has 0 saturated heterocycles. The number of aryl methyl sites for hydroxylation is 1. The van der Waals surface area contributed by atoms with E-state index in [0.29, 0.717) is 5.56 Å². The number of carbonyl (C=O) groups excluding carboxylic acids is 1. The molecule has 1 aromatic heterocycles. The number of nitrogen functional groups attached to an aromatic ring is 1. The van der Waals surface area contributed by atoms with Gasteiger partial charge in [0.05, 0.1) is 7.11 Å². The van der Waals surface area contributed by atoms with Gasteiger partial charge >= 0.3 is 5.97 Å². The molecule has 12 heavy (non-hydrogen) atoms. The fourth-order valence-corrected chi connectivity index (χ4v) is 0.759. The van der Waals surface area contributed by atoms with Gasteiger partial charge in [0.25, 0.3) is 0 Å². The summed E-state index contributed by atoms with van der Waals surface area (Å²) in [7, 11) is 1.29. The Morgan fingerprint density at radius 1 is 1.67 bits per heavy atom. The highest BCUT2D eigenvalue weighted by atomic mass is 16.5. The summed E-state index contributed by atoms with van der Waals surface area (Å²) in [5.74, 6) is -0.428. The first-order chi connectivity index (χ1) is 5.65. The maximum Gasteiger partial charge on any atom is 0.357 e. The van der Waals surface area contributed by atoms with Crippen LogP contribution in [0.1, 0.15) is 16.1 Å². The normalized spacial score (nSPS) is 9.50. The number of methoxy groups -OCH3 is 1. The molecule has 0 saturated carbocycles. The molecule has 0 unspecified atom stereocenters. The maximum absolute atomic E-state index is 11.0. The van der Waals surface area contributed by atoms with E-state index in [1.807, 2.05) is 0 Å². The van der Waals surface area contributed by atoms with Crippen molar-refractivity contribution in [2.24, 2.45) is 0 Å². The minimum Gasteiger partial charge on any atom is -0.464 e. The molecule has 0 aliphatic carbocycles. The average molecular weight is 167 g/mol. The molecule has 1 rings (SSSR count). The molecule has 5 nitrogen and oxygen atoms in total. The van der Waals surface area contributed by atoms with E-state index in [1.54, 1.807) is 6.92 Å². The summed E-state index contributed by atoms with van der Waals surface area (Å²) < 4.78 is 4.49. The van der Waals surface area contributed by atoms with Gasteiger partial charge in [-0.2, -0.15) is 0 Å². The van der Waals surface area contributed by atoms with Crippen molar-refractivity contribution in [1.82, 2.24) is 9.97 Å². The number of esters is 1. The maximum atomic E-state index is 11.0. The third kappa shape index (κ3) is 1.50. The zero-order chi connectivity index (χ0) is 9.14. The van der Waals surface area contributed by atoms with Crippen LogP contribution in [0.2, 0.25) is 0 Å². The second-order valence-corrected chi connectivity index (χ2v) is 2.25. The molecule has 0 aromatic carbocycles. The van der Waals surface area contributed by atoms with E-state index in [1.165, 1.54) is 13.3 Å². The number of hydrogen-bond acceptors (Lipinski definition) is 5. The quantitative estimate of drug-likeness (QED) is 0.602. The Hall–Kier alpha value is -1.65. The van der Waals surface area contributed by atoms with Crippen molar-refractivity contribution < 1.29 is 9.53 Å². The number of anilines is 1. The lowest BCUT2D eigenvalue weighted by Crippen LogP contribution is -2.09. The molecule has 5 heteroatoms. The Balaban J connectivity index is 3.13. The van der Waals surface area contributed by atoms with Crippen LogP contribution in [-0.2, 0) is 4.74 Å². The molecular weight excluding hydrogens is 158 g/mol. The molecule has 0 atom stereocenters. The first-order valence-electron chi connectivity index (χ1n) is 3.32. The van der Waals surface area contributed by atoms with Gasteiger partial charge in [-0.1, -0.05) is 0 Å². The highest BCUT2D eigenvalue weighted by molar-refractivity contribution is 5.88. The predicted octanol–water partition coefficient (Wildman–Crippen LogP) is 0.154. The minimum absolute atomic E-state index is 0.0704. The van der Waals surface area contributed by atoms with Crippen molar-refractivity contribution in [3.8, 4) is 0 Å². The van der Waals surface area contributed by atoms with Crippen LogP contribution in [0.3, 0.4) is 0 Å². The smallest absolute Gasteiger partial charge is 0.357 e. The molecule has 1 aromatic rings. The van der Waals surface area contributed by atoms with Gasteiger partial charge in [-0.3, -0.25) is 0 Å². The summed E-state index contributed by atoms with van der Waals surface area (Å²) in [6, 6.07) is 0. The van der Waals surface area contributed by atoms with E-state index < -0.39 is 5.97 Å². The molecule has 0 bridgehead atoms. The van der Waals surface area contributed by atoms with Gasteiger partial charge in [0.15, 0.2) is 5.69 Å². The number of rotatable bonds is 1. The lowest BCUT2D eigenvalue weighted by atomic mass is 10.2. The van der Waals surface area contributed by atoms with E-state index in [0.717, 1.165) is 0 Å². The van der Waals surface area contributed by atoms with Crippen LogP contribution in [0.4, 0.5) is 5.95 Å². The van der Waals surface area contributed by atoms with Crippen molar-refractivity contribution in [1.29, 1.82) is 0 Å². The Bertz CT molecular complexity index is 312. The number of carbonyl (C=O) groups is 1. The Morgan fingerprint density at radius 2 is 2.33 bits per heavy atom. The van der Waals surface area contributed by atoms with Crippen LogP contribution < -0.4 is 5.73 Å². The standard InChI is InChI=1S/C7H9N3O2/c1-4-3-9-7(8)10-5(4)6(11)12-2/h3H,1-2H3,(H2,8,9,10). The number of hydrogen-bond donors (Lipinski definition) is 1. The summed E-state index contributed by atoms with van der Waals surface area (Å²) >= 11 is 0. The zero-order valence-electron chi connectivity index (χ0n) is 6.87. The van der Waals surface area contributed by atoms with Gasteiger partial charge in [-0.25, -0.2) is 14.8 Å². The molecule has 0 amide bonds. The van der Waals surface area contributed by atoms with Gasteiger partial charge < -0.3 is 10.5 Å². The van der Waals surface area contributed by atoms with Crippen LogP contribution >= 0.6 is 0 Å². The SMILES string of the molecule is COC(=O)c1nc(N)ncc1C. The van der Waals surface area contributed by atoms with E-state index in [2.05, 4.69) is 14.7 Å². The summed E-state index contributed by atoms with van der Waals surface area (Å²) in [6.07, 6.45) is 1.48. The Kier molecular flexibility index (Phi) is 2.23. The minimum atomic E-state index is -0.499. The van der Waals surface area contributed by atoms with Gasteiger partial charge in [0, 0.05) is 11.8 Å². The highest BCUT2D eigenvalue weighted by Crippen LogP contribution is 2.05. The van der Waals surface area contributed by atoms with Crippen LogP contribution in [0, 0.1) is 6.92 Å². The molecule has 0 spiro atoms. The first kappa shape index (κ1) is 8.45. The van der Waals surface area contributed by atoms with E-state index in [9.17, 15) is 4.79 Å². The summed E-state index contributed by atoms with van der Waals surface area (Å²) in [5.41, 5.74) is 6.15. The summed E-state index contributed by atoms with van der Waals surface area (Å²) in [5, 5.41) is 0. The molecule has 0 fully saturated rings. The Labute approximate surface area is 69.6 Å². The monoisotopic (exact) mass is 167 g/mol. The largest absolute Gasteiger partial charge is 0.464 e. The van der Waals surface area contributed by atoms with Crippen molar-refractivity contribution >= 4 is 11.9 Å². The average Bonchev–Trinajstić information content (AvgIpc) is 2.08. The summed E-state index contributed by atoms with van der Waals surface area (Å²) in [6.45, 7) is 1.71. The highest BCUT2D eigenvalue weighted by Gasteiger charge is 2.11. The zero-order valence-corrected chi connectivity index (χ0v) is 6.87. The molecule has 0 aliphatic heterocycles. The third-order valence-corrected chi connectivity index (χ3v) is 1.37. The van der Waals surface area contributed by atoms with Crippen molar-refractivity contribution in [3.63, 3.8) is 0 Å². The number of ether oxygens (including phenoxy) is 1. The van der Waals surface area contributed by atoms with Crippen molar-refractivity contribution in [2.75, 3.05) is 12.8 Å². The molecule has 1 heterocycles. The van der Waals surface area contributed by atoms with E-state index >= 15 is 0 Å². The number of nitrogens with zero attached hydrogens (tertiary/aromatic N) is 2. The van der Waals surface area contributed by atoms with Gasteiger partial charge in [0.1, 0.15) is 0 Å². The van der Waals surface area contributed by atoms with Crippen LogP contribution in [0.5, 0.6) is 0 Å². The van der Waals surface area contributed by atoms with Gasteiger partial charge in [-0.05, 0) is 6.92 Å². The predicted molar refractivity (Wildman–Crippen MR) is 42.5 cm³/mol. The lowest BCUT2D eigenvalue weighted by molar-refractivity contribution is 0.0593. The lowest BCUT2D eigenvalue weighted by Gasteiger charge is -2.01. The van der Waals surface area contributed by atoms with E-state index in [-0.39, 0.29) is 11.6 Å². The van der Waals surface area contributed by atoms with Gasteiger partial charge in [0.2, 0.25) is 5.95 Å². The summed E-state index contributed by atoms with van der Waals surface area (Å²) in [4.78, 5) is 18.5. The molecule has 0 radical (unpaired) electrons. The third-order valence-electron chi connectivity index (χ3n) is 1.37.